The number of aliphatic hydroxyl groups excluding tert-OH is 1. The van der Waals surface area contributed by atoms with Crippen molar-refractivity contribution in [2.75, 3.05) is 19.8 Å². The summed E-state index contributed by atoms with van der Waals surface area (Å²) >= 11 is 0. The van der Waals surface area contributed by atoms with Gasteiger partial charge in [0, 0.05) is 25.7 Å². The second-order valence-corrected chi connectivity index (χ2v) is 5.19. The monoisotopic (exact) mass is 249 g/mol. The van der Waals surface area contributed by atoms with E-state index in [-0.39, 0.29) is 12.0 Å². The Morgan fingerprint density at radius 2 is 1.89 bits per heavy atom. The second-order valence-electron chi connectivity index (χ2n) is 5.19. The van der Waals surface area contributed by atoms with Gasteiger partial charge in [0.2, 0.25) is 0 Å². The molecule has 2 atom stereocenters. The first-order valence-electron chi connectivity index (χ1n) is 6.75. The van der Waals surface area contributed by atoms with Gasteiger partial charge < -0.3 is 15.6 Å². The van der Waals surface area contributed by atoms with Crippen LogP contribution >= 0.6 is 0 Å². The summed E-state index contributed by atoms with van der Waals surface area (Å²) in [7, 11) is 0. The molecule has 3 nitrogen and oxygen atoms in total. The Morgan fingerprint density at radius 3 is 2.44 bits per heavy atom. The van der Waals surface area contributed by atoms with E-state index in [9.17, 15) is 5.11 Å². The fraction of sp³-hybridized carbons (Fsp3) is 0.600. The molecule has 0 aliphatic carbocycles. The maximum absolute atomic E-state index is 10.5. The summed E-state index contributed by atoms with van der Waals surface area (Å²) in [5.74, 6) is 0.349. The average molecular weight is 249 g/mol. The van der Waals surface area contributed by atoms with Crippen LogP contribution in [-0.4, -0.2) is 31.0 Å². The molecule has 18 heavy (non-hydrogen) atoms. The fourth-order valence-corrected chi connectivity index (χ4v) is 2.67. The lowest BCUT2D eigenvalue weighted by Crippen LogP contribution is -2.35. The average Bonchev–Trinajstić information content (AvgIpc) is 2.42. The van der Waals surface area contributed by atoms with Gasteiger partial charge in [-0.05, 0) is 31.2 Å². The van der Waals surface area contributed by atoms with Gasteiger partial charge in [0.1, 0.15) is 0 Å². The highest BCUT2D eigenvalue weighted by atomic mass is 16.5. The van der Waals surface area contributed by atoms with E-state index in [1.54, 1.807) is 0 Å². The maximum atomic E-state index is 10.5. The van der Waals surface area contributed by atoms with Gasteiger partial charge >= 0.3 is 0 Å². The van der Waals surface area contributed by atoms with Crippen molar-refractivity contribution in [3.8, 4) is 0 Å². The third-order valence-corrected chi connectivity index (χ3v) is 3.92. The first-order chi connectivity index (χ1) is 8.72. The Kier molecular flexibility index (Phi) is 4.75. The summed E-state index contributed by atoms with van der Waals surface area (Å²) in [5, 5.41) is 10.5. The number of hydrogen-bond acceptors (Lipinski definition) is 3. The van der Waals surface area contributed by atoms with E-state index < -0.39 is 0 Å². The molecule has 0 bridgehead atoms. The largest absolute Gasteiger partial charge is 0.392 e. The summed E-state index contributed by atoms with van der Waals surface area (Å²) in [6, 6.07) is 8.31. The predicted molar refractivity (Wildman–Crippen MR) is 72.5 cm³/mol. The van der Waals surface area contributed by atoms with E-state index in [1.165, 1.54) is 5.56 Å². The molecule has 0 aromatic heterocycles. The topological polar surface area (TPSA) is 55.5 Å². The number of hydrogen-bond donors (Lipinski definition) is 2. The van der Waals surface area contributed by atoms with E-state index in [1.807, 2.05) is 0 Å². The fourth-order valence-electron chi connectivity index (χ4n) is 2.67. The van der Waals surface area contributed by atoms with Crippen molar-refractivity contribution in [2.45, 2.75) is 31.8 Å². The first kappa shape index (κ1) is 13.5. The van der Waals surface area contributed by atoms with E-state index in [2.05, 4.69) is 31.2 Å². The SMILES string of the molecule is Cc1ccc(C(CN)C(O)C2CCOCC2)cc1. The molecule has 0 spiro atoms. The minimum absolute atomic E-state index is 0.0358. The normalized spacial score (nSPS) is 20.6. The molecule has 0 saturated carbocycles. The molecule has 2 rings (SSSR count). The second kappa shape index (κ2) is 6.32. The maximum Gasteiger partial charge on any atom is 0.0650 e. The standard InChI is InChI=1S/C15H23NO2/c1-11-2-4-12(5-3-11)14(10-16)15(17)13-6-8-18-9-7-13/h2-5,13-15,17H,6-10,16H2,1H3. The predicted octanol–water partition coefficient (Wildman–Crippen LogP) is 1.82. The van der Waals surface area contributed by atoms with E-state index in [4.69, 9.17) is 10.5 Å². The van der Waals surface area contributed by atoms with Crippen molar-refractivity contribution in [1.82, 2.24) is 0 Å². The first-order valence-corrected chi connectivity index (χ1v) is 6.75. The van der Waals surface area contributed by atoms with Crippen LogP contribution in [0.2, 0.25) is 0 Å². The van der Waals surface area contributed by atoms with Crippen molar-refractivity contribution in [1.29, 1.82) is 0 Å². The zero-order valence-corrected chi connectivity index (χ0v) is 11.0. The molecular weight excluding hydrogens is 226 g/mol. The van der Waals surface area contributed by atoms with Gasteiger partial charge in [-0.15, -0.1) is 0 Å². The van der Waals surface area contributed by atoms with Crippen LogP contribution in [0.1, 0.15) is 29.9 Å². The highest BCUT2D eigenvalue weighted by Crippen LogP contribution is 2.29. The van der Waals surface area contributed by atoms with E-state index >= 15 is 0 Å². The Labute approximate surface area is 109 Å². The number of nitrogens with two attached hydrogens (primary N) is 1. The summed E-state index contributed by atoms with van der Waals surface area (Å²) in [6.45, 7) is 4.07. The zero-order chi connectivity index (χ0) is 13.0. The molecule has 1 aromatic carbocycles. The Hall–Kier alpha value is -0.900. The molecule has 1 fully saturated rings. The van der Waals surface area contributed by atoms with E-state index in [0.29, 0.717) is 12.5 Å². The van der Waals surface area contributed by atoms with Crippen molar-refractivity contribution < 1.29 is 9.84 Å². The minimum Gasteiger partial charge on any atom is -0.392 e. The van der Waals surface area contributed by atoms with Gasteiger partial charge in [-0.2, -0.15) is 0 Å². The van der Waals surface area contributed by atoms with Gasteiger partial charge in [0.15, 0.2) is 0 Å². The van der Waals surface area contributed by atoms with Crippen molar-refractivity contribution >= 4 is 0 Å². The number of rotatable bonds is 4. The molecule has 1 aliphatic heterocycles. The van der Waals surface area contributed by atoms with Gasteiger partial charge in [-0.1, -0.05) is 29.8 Å². The van der Waals surface area contributed by atoms with Crippen LogP contribution in [0, 0.1) is 12.8 Å². The lowest BCUT2D eigenvalue weighted by molar-refractivity contribution is -0.00194. The lowest BCUT2D eigenvalue weighted by Gasteiger charge is -2.32. The highest BCUT2D eigenvalue weighted by molar-refractivity contribution is 5.26. The van der Waals surface area contributed by atoms with Crippen molar-refractivity contribution in [3.63, 3.8) is 0 Å². The van der Waals surface area contributed by atoms with Crippen molar-refractivity contribution in [3.05, 3.63) is 35.4 Å². The molecule has 0 radical (unpaired) electrons. The smallest absolute Gasteiger partial charge is 0.0650 e. The highest BCUT2D eigenvalue weighted by Gasteiger charge is 2.29. The molecule has 2 unspecified atom stereocenters. The van der Waals surface area contributed by atoms with E-state index in [0.717, 1.165) is 31.6 Å². The third-order valence-electron chi connectivity index (χ3n) is 3.92. The summed E-state index contributed by atoms with van der Waals surface area (Å²) in [6.07, 6.45) is 1.51. The third kappa shape index (κ3) is 3.10. The molecule has 3 N–H and O–H groups in total. The van der Waals surface area contributed by atoms with Gasteiger partial charge in [0.05, 0.1) is 6.10 Å². The molecule has 0 amide bonds. The summed E-state index contributed by atoms with van der Waals surface area (Å²) < 4.78 is 5.34. The molecule has 100 valence electrons. The zero-order valence-electron chi connectivity index (χ0n) is 11.0. The molecule has 1 heterocycles. The molecule has 1 aliphatic rings. The van der Waals surface area contributed by atoms with Crippen LogP contribution in [0.25, 0.3) is 0 Å². The van der Waals surface area contributed by atoms with Crippen LogP contribution in [-0.2, 0) is 4.74 Å². The number of aliphatic hydroxyl groups is 1. The Balaban J connectivity index is 2.09. The van der Waals surface area contributed by atoms with Gasteiger partial charge in [-0.25, -0.2) is 0 Å². The van der Waals surface area contributed by atoms with Crippen molar-refractivity contribution in [2.24, 2.45) is 11.7 Å². The number of aryl methyl sites for hydroxylation is 1. The van der Waals surface area contributed by atoms with Crippen LogP contribution in [0.5, 0.6) is 0 Å². The molecule has 1 aromatic rings. The van der Waals surface area contributed by atoms with Crippen LogP contribution in [0.15, 0.2) is 24.3 Å². The lowest BCUT2D eigenvalue weighted by atomic mass is 9.82. The molecule has 3 heteroatoms. The quantitative estimate of drug-likeness (QED) is 0.856. The van der Waals surface area contributed by atoms with Gasteiger partial charge in [-0.3, -0.25) is 0 Å². The number of benzene rings is 1. The summed E-state index contributed by atoms with van der Waals surface area (Å²) in [5.41, 5.74) is 8.23. The summed E-state index contributed by atoms with van der Waals surface area (Å²) in [4.78, 5) is 0. The Bertz CT molecular complexity index is 357. The van der Waals surface area contributed by atoms with Crippen LogP contribution < -0.4 is 5.73 Å². The molecule has 1 saturated heterocycles. The van der Waals surface area contributed by atoms with Crippen LogP contribution in [0.3, 0.4) is 0 Å². The Morgan fingerprint density at radius 1 is 1.28 bits per heavy atom. The minimum atomic E-state index is -0.360. The van der Waals surface area contributed by atoms with Crippen LogP contribution in [0.4, 0.5) is 0 Å². The van der Waals surface area contributed by atoms with Gasteiger partial charge in [0.25, 0.3) is 0 Å². The molecular formula is C15H23NO2. The number of ether oxygens (including phenoxy) is 1.